The molecule has 0 aliphatic carbocycles. The van der Waals surface area contributed by atoms with Crippen molar-refractivity contribution in [3.8, 4) is 17.2 Å². The molecule has 3 aromatic carbocycles. The first kappa shape index (κ1) is 26.1. The molecule has 0 fully saturated rings. The van der Waals surface area contributed by atoms with Gasteiger partial charge in [-0.25, -0.2) is 4.79 Å². The summed E-state index contributed by atoms with van der Waals surface area (Å²) in [4.78, 5) is 38.5. The molecule has 5 aliphatic rings. The summed E-state index contributed by atoms with van der Waals surface area (Å²) in [5.41, 5.74) is 9.25. The summed E-state index contributed by atoms with van der Waals surface area (Å²) in [6.07, 6.45) is 2.38. The lowest BCUT2D eigenvalue weighted by molar-refractivity contribution is -0.132. The second-order valence-electron chi connectivity index (χ2n) is 9.69. The van der Waals surface area contributed by atoms with E-state index in [1.54, 1.807) is 4.90 Å². The quantitative estimate of drug-likeness (QED) is 0.470. The van der Waals surface area contributed by atoms with Crippen molar-refractivity contribution in [1.82, 2.24) is 15.5 Å². The van der Waals surface area contributed by atoms with Gasteiger partial charge < -0.3 is 30.7 Å². The van der Waals surface area contributed by atoms with Crippen molar-refractivity contribution in [3.05, 3.63) is 89.0 Å². The zero-order valence-corrected chi connectivity index (χ0v) is 21.7. The van der Waals surface area contributed by atoms with E-state index in [0.29, 0.717) is 62.6 Å². The summed E-state index contributed by atoms with van der Waals surface area (Å²) < 4.78 is 12.1. The number of urea groups is 1. The van der Waals surface area contributed by atoms with Crippen LogP contribution < -0.4 is 25.8 Å². The number of hydrogen-bond donors (Lipinski definition) is 3. The number of hydrogen-bond acceptors (Lipinski definition) is 5. The molecule has 9 nitrogen and oxygen atoms in total. The van der Waals surface area contributed by atoms with E-state index < -0.39 is 6.03 Å². The molecule has 3 aromatic rings. The van der Waals surface area contributed by atoms with Gasteiger partial charge in [0.2, 0.25) is 11.8 Å². The Morgan fingerprint density at radius 1 is 0.974 bits per heavy atom. The number of ether oxygens (including phenoxy) is 2. The summed E-state index contributed by atoms with van der Waals surface area (Å²) in [5, 5.41) is 5.36. The van der Waals surface area contributed by atoms with Crippen molar-refractivity contribution in [3.63, 3.8) is 0 Å². The molecule has 4 amide bonds. The second kappa shape index (κ2) is 11.9. The summed E-state index contributed by atoms with van der Waals surface area (Å²) in [5.74, 6) is 1.88. The maximum absolute atomic E-state index is 13.2. The van der Waals surface area contributed by atoms with Gasteiger partial charge in [0.05, 0.1) is 19.2 Å². The van der Waals surface area contributed by atoms with Gasteiger partial charge in [-0.3, -0.25) is 9.59 Å². The number of carbonyl (C=O) groups excluding carboxylic acids is 3. The molecule has 0 saturated heterocycles. The highest BCUT2D eigenvalue weighted by Crippen LogP contribution is 2.38. The fourth-order valence-corrected chi connectivity index (χ4v) is 5.03. The molecule has 1 atom stereocenters. The van der Waals surface area contributed by atoms with E-state index >= 15 is 0 Å². The van der Waals surface area contributed by atoms with Crippen molar-refractivity contribution in [1.29, 1.82) is 0 Å². The maximum Gasteiger partial charge on any atom is 0.312 e. The normalized spacial score (nSPS) is 17.3. The number of rotatable bonds is 2. The molecular formula is C30H32N4O5. The van der Waals surface area contributed by atoms with Gasteiger partial charge in [0, 0.05) is 19.5 Å². The molecule has 9 heteroatoms. The minimum atomic E-state index is -0.742. The highest BCUT2D eigenvalue weighted by atomic mass is 16.5. The number of nitrogens with zero attached hydrogens (tertiary/aromatic N) is 1. The van der Waals surface area contributed by atoms with Crippen LogP contribution in [0.5, 0.6) is 17.2 Å². The molecule has 0 spiro atoms. The van der Waals surface area contributed by atoms with Gasteiger partial charge >= 0.3 is 6.03 Å². The predicted octanol–water partition coefficient (Wildman–Crippen LogP) is 3.45. The van der Waals surface area contributed by atoms with Gasteiger partial charge in [0.25, 0.3) is 0 Å². The Balaban J connectivity index is 1.49. The fourth-order valence-electron chi connectivity index (χ4n) is 5.03. The highest BCUT2D eigenvalue weighted by Gasteiger charge is 2.32. The van der Waals surface area contributed by atoms with Gasteiger partial charge in [0.15, 0.2) is 0 Å². The Kier molecular flexibility index (Phi) is 7.96. The molecule has 5 aliphatic heterocycles. The van der Waals surface area contributed by atoms with E-state index in [4.69, 9.17) is 15.2 Å². The van der Waals surface area contributed by atoms with Crippen LogP contribution in [-0.2, 0) is 22.4 Å². The van der Waals surface area contributed by atoms with E-state index in [9.17, 15) is 14.4 Å². The summed E-state index contributed by atoms with van der Waals surface area (Å²) in [6, 6.07) is 20.3. The fraction of sp³-hybridized carbons (Fsp3) is 0.300. The van der Waals surface area contributed by atoms with Crippen molar-refractivity contribution in [2.75, 3.05) is 26.2 Å². The Morgan fingerprint density at radius 2 is 1.79 bits per heavy atom. The molecule has 0 radical (unpaired) electrons. The highest BCUT2D eigenvalue weighted by molar-refractivity contribution is 5.84. The molecule has 1 unspecified atom stereocenters. The van der Waals surface area contributed by atoms with E-state index in [2.05, 4.69) is 10.6 Å². The first-order valence-electron chi connectivity index (χ1n) is 13.2. The van der Waals surface area contributed by atoms with Crippen LogP contribution in [0.15, 0.2) is 66.7 Å². The third-order valence-electron chi connectivity index (χ3n) is 6.96. The molecule has 5 heterocycles. The third kappa shape index (κ3) is 6.49. The van der Waals surface area contributed by atoms with E-state index in [-0.39, 0.29) is 24.4 Å². The second-order valence-corrected chi connectivity index (χ2v) is 9.69. The topological polar surface area (TPSA) is 123 Å². The molecule has 0 saturated carbocycles. The average Bonchev–Trinajstić information content (AvgIpc) is 2.94. The lowest BCUT2D eigenvalue weighted by atomic mass is 9.87. The van der Waals surface area contributed by atoms with Crippen molar-refractivity contribution < 1.29 is 23.9 Å². The van der Waals surface area contributed by atoms with E-state index in [1.165, 1.54) is 0 Å². The molecule has 0 aromatic heterocycles. The molecule has 8 rings (SSSR count). The van der Waals surface area contributed by atoms with Crippen molar-refractivity contribution in [2.24, 2.45) is 5.73 Å². The zero-order valence-electron chi connectivity index (χ0n) is 21.7. The Labute approximate surface area is 227 Å². The van der Waals surface area contributed by atoms with Crippen LogP contribution in [0.3, 0.4) is 0 Å². The van der Waals surface area contributed by atoms with Crippen LogP contribution in [0.25, 0.3) is 0 Å². The maximum atomic E-state index is 13.2. The van der Waals surface area contributed by atoms with Crippen LogP contribution in [0.4, 0.5) is 4.79 Å². The predicted molar refractivity (Wildman–Crippen MR) is 146 cm³/mol. The van der Waals surface area contributed by atoms with Gasteiger partial charge in [-0.05, 0) is 77.9 Å². The summed E-state index contributed by atoms with van der Waals surface area (Å²) in [6.45, 7) is 1.26. The number of aryl methyl sites for hydroxylation is 1. The Morgan fingerprint density at radius 3 is 2.62 bits per heavy atom. The number of primary amides is 1. The van der Waals surface area contributed by atoms with Crippen LogP contribution in [0, 0.1) is 0 Å². The standard InChI is InChI=1S/C30H32N4O5/c31-30(37)33-19-28(36)34-15-13-21-17-25-10-11-26(21)29(34)22-3-1-4-24(18-22)38-16-2-14-32-27(35)12-7-20-5-8-23(39-25)9-6-20/h1,3-6,8-11,17-18,29H,2,7,12-16,19H2,(H,32,35)(H3,31,33,37). The first-order chi connectivity index (χ1) is 19.0. The van der Waals surface area contributed by atoms with E-state index in [1.807, 2.05) is 66.7 Å². The van der Waals surface area contributed by atoms with Gasteiger partial charge in [-0.2, -0.15) is 0 Å². The zero-order chi connectivity index (χ0) is 27.2. The molecule has 4 N–H and O–H groups in total. The number of nitrogens with one attached hydrogen (secondary N) is 2. The average molecular weight is 529 g/mol. The number of nitrogens with two attached hydrogens (primary N) is 1. The van der Waals surface area contributed by atoms with Crippen LogP contribution >= 0.6 is 0 Å². The van der Waals surface area contributed by atoms with Crippen LogP contribution in [0.2, 0.25) is 0 Å². The van der Waals surface area contributed by atoms with Crippen LogP contribution in [0.1, 0.15) is 41.1 Å². The number of carbonyl (C=O) groups is 3. The molecule has 8 bridgehead atoms. The smallest absolute Gasteiger partial charge is 0.312 e. The Hall–Kier alpha value is -4.53. The van der Waals surface area contributed by atoms with E-state index in [0.717, 1.165) is 22.3 Å². The molecule has 39 heavy (non-hydrogen) atoms. The largest absolute Gasteiger partial charge is 0.494 e. The summed E-state index contributed by atoms with van der Waals surface area (Å²) in [7, 11) is 0. The van der Waals surface area contributed by atoms with Gasteiger partial charge in [-0.15, -0.1) is 0 Å². The van der Waals surface area contributed by atoms with Gasteiger partial charge in [-0.1, -0.05) is 30.3 Å². The lowest BCUT2D eigenvalue weighted by Gasteiger charge is -2.38. The Bertz CT molecular complexity index is 1360. The van der Waals surface area contributed by atoms with Crippen molar-refractivity contribution in [2.45, 2.75) is 31.7 Å². The minimum absolute atomic E-state index is 0.00687. The third-order valence-corrected chi connectivity index (χ3v) is 6.96. The molecular weight excluding hydrogens is 496 g/mol. The molecule has 202 valence electrons. The number of amides is 4. The first-order valence-corrected chi connectivity index (χ1v) is 13.2. The minimum Gasteiger partial charge on any atom is -0.494 e. The monoisotopic (exact) mass is 528 g/mol. The number of benzene rings is 3. The van der Waals surface area contributed by atoms with Crippen molar-refractivity contribution >= 4 is 17.8 Å². The summed E-state index contributed by atoms with van der Waals surface area (Å²) >= 11 is 0. The lowest BCUT2D eigenvalue weighted by Crippen LogP contribution is -2.46. The SMILES string of the molecule is NC(=O)NCC(=O)N1CCc2cc3ccc2C1c1cccc(c1)OCCCNC(=O)CCc1ccc(cc1)O3. The van der Waals surface area contributed by atoms with Gasteiger partial charge in [0.1, 0.15) is 17.2 Å². The van der Waals surface area contributed by atoms with Crippen LogP contribution in [-0.4, -0.2) is 49.0 Å².